The number of hydrogen-bond donors (Lipinski definition) is 1. The first-order valence-electron chi connectivity index (χ1n) is 5.21. The Labute approximate surface area is 93.6 Å². The van der Waals surface area contributed by atoms with Gasteiger partial charge in [-0.05, 0) is 25.1 Å². The summed E-state index contributed by atoms with van der Waals surface area (Å²) < 4.78 is 20.9. The predicted octanol–water partition coefficient (Wildman–Crippen LogP) is 2.06. The van der Waals surface area contributed by atoms with Crippen LogP contribution in [0.15, 0.2) is 18.2 Å². The highest BCUT2D eigenvalue weighted by molar-refractivity contribution is 5.88. The van der Waals surface area contributed by atoms with Gasteiger partial charge in [0.25, 0.3) is 0 Å². The third-order valence-corrected chi connectivity index (χ3v) is 2.75. The molecule has 0 bridgehead atoms. The number of nitrogens with zero attached hydrogens (tertiary/aromatic N) is 1. The number of ether oxygens (including phenoxy) is 1. The van der Waals surface area contributed by atoms with Gasteiger partial charge in [0.05, 0.1) is 12.6 Å². The maximum atomic E-state index is 13.8. The fourth-order valence-corrected chi connectivity index (χ4v) is 2.04. The third kappa shape index (κ3) is 1.55. The van der Waals surface area contributed by atoms with Crippen LogP contribution in [0.5, 0.6) is 5.75 Å². The Balaban J connectivity index is 2.76. The van der Waals surface area contributed by atoms with E-state index in [1.807, 2.05) is 17.6 Å². The smallest absolute Gasteiger partial charge is 0.147 e. The van der Waals surface area contributed by atoms with E-state index in [1.165, 1.54) is 6.07 Å². The fraction of sp³-hybridized carbons (Fsp3) is 0.333. The molecule has 3 nitrogen and oxygen atoms in total. The molecule has 0 amide bonds. The molecule has 1 aromatic heterocycles. The Morgan fingerprint density at radius 3 is 2.81 bits per heavy atom. The van der Waals surface area contributed by atoms with Crippen molar-refractivity contribution in [2.75, 3.05) is 13.7 Å². The number of halogens is 1. The van der Waals surface area contributed by atoms with Crippen LogP contribution in [0.1, 0.15) is 5.69 Å². The minimum Gasteiger partial charge on any atom is -0.496 e. The summed E-state index contributed by atoms with van der Waals surface area (Å²) in [4.78, 5) is 0. The number of nitrogens with two attached hydrogens (primary N) is 1. The number of benzene rings is 1. The fourth-order valence-electron chi connectivity index (χ4n) is 2.04. The van der Waals surface area contributed by atoms with Crippen molar-refractivity contribution in [2.45, 2.75) is 13.5 Å². The first-order chi connectivity index (χ1) is 7.69. The van der Waals surface area contributed by atoms with E-state index in [4.69, 9.17) is 10.5 Å². The van der Waals surface area contributed by atoms with Crippen LogP contribution < -0.4 is 10.5 Å². The van der Waals surface area contributed by atoms with Crippen molar-refractivity contribution in [1.82, 2.24) is 4.57 Å². The lowest BCUT2D eigenvalue weighted by Crippen LogP contribution is -2.11. The van der Waals surface area contributed by atoms with Crippen LogP contribution in [0.3, 0.4) is 0 Å². The summed E-state index contributed by atoms with van der Waals surface area (Å²) in [7, 11) is 1.59. The highest BCUT2D eigenvalue weighted by Gasteiger charge is 2.13. The molecule has 0 unspecified atom stereocenters. The van der Waals surface area contributed by atoms with Crippen molar-refractivity contribution in [2.24, 2.45) is 5.73 Å². The van der Waals surface area contributed by atoms with E-state index in [9.17, 15) is 4.39 Å². The third-order valence-electron chi connectivity index (χ3n) is 2.75. The zero-order valence-corrected chi connectivity index (χ0v) is 9.46. The van der Waals surface area contributed by atoms with Crippen molar-refractivity contribution in [1.29, 1.82) is 0 Å². The summed E-state index contributed by atoms with van der Waals surface area (Å²) in [6, 6.07) is 4.99. The standard InChI is InChI=1S/C12H15FN2O/c1-8-7-9-11(16-2)4-3-10(13)12(9)15(8)6-5-14/h3-4,7H,5-6,14H2,1-2H3. The van der Waals surface area contributed by atoms with Crippen LogP contribution in [0.4, 0.5) is 4.39 Å². The van der Waals surface area contributed by atoms with Gasteiger partial charge in [0.2, 0.25) is 0 Å². The number of aromatic nitrogens is 1. The Kier molecular flexibility index (Phi) is 2.83. The lowest BCUT2D eigenvalue weighted by atomic mass is 10.2. The topological polar surface area (TPSA) is 40.2 Å². The van der Waals surface area contributed by atoms with Crippen LogP contribution >= 0.6 is 0 Å². The van der Waals surface area contributed by atoms with Crippen molar-refractivity contribution >= 4 is 10.9 Å². The van der Waals surface area contributed by atoms with Gasteiger partial charge in [0.15, 0.2) is 0 Å². The van der Waals surface area contributed by atoms with E-state index in [2.05, 4.69) is 0 Å². The van der Waals surface area contributed by atoms with Gasteiger partial charge in [-0.2, -0.15) is 0 Å². The van der Waals surface area contributed by atoms with Gasteiger partial charge in [-0.3, -0.25) is 0 Å². The second-order valence-electron chi connectivity index (χ2n) is 3.74. The molecule has 0 aliphatic rings. The van der Waals surface area contributed by atoms with Crippen molar-refractivity contribution < 1.29 is 9.13 Å². The summed E-state index contributed by atoms with van der Waals surface area (Å²) in [5, 5.41) is 0.799. The summed E-state index contributed by atoms with van der Waals surface area (Å²) >= 11 is 0. The van der Waals surface area contributed by atoms with Crippen LogP contribution in [0, 0.1) is 12.7 Å². The normalized spacial score (nSPS) is 11.0. The van der Waals surface area contributed by atoms with E-state index in [0.29, 0.717) is 24.4 Å². The summed E-state index contributed by atoms with van der Waals surface area (Å²) in [6.07, 6.45) is 0. The predicted molar refractivity (Wildman–Crippen MR) is 62.2 cm³/mol. The first kappa shape index (κ1) is 11.0. The molecule has 0 radical (unpaired) electrons. The van der Waals surface area contributed by atoms with Gasteiger partial charge in [0.1, 0.15) is 11.6 Å². The van der Waals surface area contributed by atoms with Gasteiger partial charge in [-0.25, -0.2) is 4.39 Å². The van der Waals surface area contributed by atoms with E-state index in [1.54, 1.807) is 13.2 Å². The number of hydrogen-bond acceptors (Lipinski definition) is 2. The molecule has 0 aliphatic carbocycles. The highest BCUT2D eigenvalue weighted by Crippen LogP contribution is 2.30. The molecule has 2 rings (SSSR count). The number of aryl methyl sites for hydroxylation is 1. The number of rotatable bonds is 3. The summed E-state index contributed by atoms with van der Waals surface area (Å²) in [5.41, 5.74) is 7.09. The molecule has 0 atom stereocenters. The largest absolute Gasteiger partial charge is 0.496 e. The van der Waals surface area contributed by atoms with Gasteiger partial charge < -0.3 is 15.0 Å². The van der Waals surface area contributed by atoms with E-state index >= 15 is 0 Å². The zero-order valence-electron chi connectivity index (χ0n) is 9.46. The average molecular weight is 222 g/mol. The molecule has 0 spiro atoms. The van der Waals surface area contributed by atoms with Gasteiger partial charge in [0, 0.05) is 24.2 Å². The second kappa shape index (κ2) is 4.14. The van der Waals surface area contributed by atoms with Crippen molar-refractivity contribution in [3.8, 4) is 5.75 Å². The maximum Gasteiger partial charge on any atom is 0.147 e. The highest BCUT2D eigenvalue weighted by atomic mass is 19.1. The molecular formula is C12H15FN2O. The molecule has 2 aromatic rings. The van der Waals surface area contributed by atoms with E-state index < -0.39 is 0 Å². The Bertz CT molecular complexity index is 519. The monoisotopic (exact) mass is 222 g/mol. The maximum absolute atomic E-state index is 13.8. The van der Waals surface area contributed by atoms with Gasteiger partial charge in [-0.1, -0.05) is 0 Å². The van der Waals surface area contributed by atoms with Gasteiger partial charge in [-0.15, -0.1) is 0 Å². The first-order valence-corrected chi connectivity index (χ1v) is 5.21. The molecule has 0 saturated heterocycles. The van der Waals surface area contributed by atoms with E-state index in [0.717, 1.165) is 11.1 Å². The molecule has 0 fully saturated rings. The van der Waals surface area contributed by atoms with Crippen LogP contribution in [0.25, 0.3) is 10.9 Å². The molecule has 1 aromatic carbocycles. The van der Waals surface area contributed by atoms with Crippen molar-refractivity contribution in [3.05, 3.63) is 29.7 Å². The minimum atomic E-state index is -0.239. The Morgan fingerprint density at radius 2 is 2.19 bits per heavy atom. The zero-order chi connectivity index (χ0) is 11.7. The number of fused-ring (bicyclic) bond motifs is 1. The average Bonchev–Trinajstić information content (AvgIpc) is 2.58. The molecule has 16 heavy (non-hydrogen) atoms. The molecule has 4 heteroatoms. The summed E-state index contributed by atoms with van der Waals surface area (Å²) in [5.74, 6) is 0.452. The molecule has 1 heterocycles. The van der Waals surface area contributed by atoms with E-state index in [-0.39, 0.29) is 5.82 Å². The lowest BCUT2D eigenvalue weighted by Gasteiger charge is -2.08. The molecule has 0 aliphatic heterocycles. The summed E-state index contributed by atoms with van der Waals surface area (Å²) in [6.45, 7) is 3.04. The van der Waals surface area contributed by atoms with Crippen molar-refractivity contribution in [3.63, 3.8) is 0 Å². The quantitative estimate of drug-likeness (QED) is 0.863. The second-order valence-corrected chi connectivity index (χ2v) is 3.74. The lowest BCUT2D eigenvalue weighted by molar-refractivity contribution is 0.419. The Morgan fingerprint density at radius 1 is 1.44 bits per heavy atom. The Hall–Kier alpha value is -1.55. The van der Waals surface area contributed by atoms with Crippen LogP contribution in [-0.2, 0) is 6.54 Å². The molecule has 86 valence electrons. The number of methoxy groups -OCH3 is 1. The molecular weight excluding hydrogens is 207 g/mol. The van der Waals surface area contributed by atoms with Crippen LogP contribution in [-0.4, -0.2) is 18.2 Å². The van der Waals surface area contributed by atoms with Crippen LogP contribution in [0.2, 0.25) is 0 Å². The minimum absolute atomic E-state index is 0.239. The SMILES string of the molecule is COc1ccc(F)c2c1cc(C)n2CCN. The molecule has 0 saturated carbocycles. The molecule has 2 N–H and O–H groups in total. The van der Waals surface area contributed by atoms with Gasteiger partial charge >= 0.3 is 0 Å².